The third-order valence-electron chi connectivity index (χ3n) is 11.5. The summed E-state index contributed by atoms with van der Waals surface area (Å²) in [5, 5.41) is 5.14. The number of hydrogen-bond acceptors (Lipinski definition) is 8. The first kappa shape index (κ1) is 33.2. The molecule has 11 rings (SSSR count). The van der Waals surface area contributed by atoms with Crippen LogP contribution in [0.3, 0.4) is 0 Å². The number of fused-ring (bicyclic) bond motifs is 10. The Morgan fingerprint density at radius 1 is 0.491 bits per heavy atom. The maximum atomic E-state index is 6.19. The van der Waals surface area contributed by atoms with Gasteiger partial charge in [0.15, 0.2) is 23.0 Å². The van der Waals surface area contributed by atoms with E-state index >= 15 is 0 Å². The molecule has 0 spiro atoms. The van der Waals surface area contributed by atoms with E-state index in [1.54, 1.807) is 0 Å². The van der Waals surface area contributed by atoms with Gasteiger partial charge in [0.2, 0.25) is 0 Å². The lowest BCUT2D eigenvalue weighted by Gasteiger charge is -2.42. The molecule has 9 heteroatoms. The number of anilines is 6. The van der Waals surface area contributed by atoms with Crippen molar-refractivity contribution in [2.75, 3.05) is 36.2 Å². The molecule has 0 unspecified atom stereocenters. The topological polar surface area (TPSA) is 43.4 Å². The van der Waals surface area contributed by atoms with Gasteiger partial charge in [-0.2, -0.15) is 0 Å². The molecule has 4 aliphatic heterocycles. The smallest absolute Gasteiger partial charge is 0.256 e. The minimum absolute atomic E-state index is 0.000288. The molecule has 0 atom stereocenters. The number of nitrogens with zero attached hydrogens (tertiary/aromatic N) is 2. The first-order valence-corrected chi connectivity index (χ1v) is 20.8. The molecule has 55 heavy (non-hydrogen) atoms. The van der Waals surface area contributed by atoms with Gasteiger partial charge >= 0.3 is 0 Å². The van der Waals surface area contributed by atoms with Crippen LogP contribution in [0, 0.1) is 0 Å². The molecule has 0 bridgehead atoms. The molecule has 6 nitrogen and oxygen atoms in total. The lowest BCUT2D eigenvalue weighted by atomic mass is 9.33. The van der Waals surface area contributed by atoms with Crippen LogP contribution in [0.15, 0.2) is 91.0 Å². The quantitative estimate of drug-likeness (QED) is 0.164. The van der Waals surface area contributed by atoms with Crippen molar-refractivity contribution in [3.8, 4) is 23.0 Å². The molecule has 0 aliphatic carbocycles. The van der Waals surface area contributed by atoms with E-state index in [-0.39, 0.29) is 17.5 Å². The van der Waals surface area contributed by atoms with E-state index in [1.807, 2.05) is 22.7 Å². The number of benzene rings is 5. The van der Waals surface area contributed by atoms with Gasteiger partial charge in [-0.15, -0.1) is 22.7 Å². The maximum absolute atomic E-state index is 6.19. The van der Waals surface area contributed by atoms with Crippen molar-refractivity contribution < 1.29 is 18.9 Å². The Hall–Kier alpha value is -5.12. The first-order valence-electron chi connectivity index (χ1n) is 19.2. The van der Waals surface area contributed by atoms with Crippen molar-refractivity contribution in [3.63, 3.8) is 0 Å². The molecule has 6 heterocycles. The van der Waals surface area contributed by atoms with E-state index < -0.39 is 0 Å². The second-order valence-electron chi connectivity index (χ2n) is 17.0. The molecule has 7 aromatic rings. The Morgan fingerprint density at radius 2 is 0.927 bits per heavy atom. The fourth-order valence-electron chi connectivity index (χ4n) is 8.76. The Morgan fingerprint density at radius 3 is 1.36 bits per heavy atom. The van der Waals surface area contributed by atoms with Crippen LogP contribution in [0.2, 0.25) is 0 Å². The predicted octanol–water partition coefficient (Wildman–Crippen LogP) is 10.3. The van der Waals surface area contributed by atoms with Crippen LogP contribution in [0.25, 0.3) is 20.2 Å². The minimum Gasteiger partial charge on any atom is -0.486 e. The molecule has 0 saturated heterocycles. The summed E-state index contributed by atoms with van der Waals surface area (Å²) in [5.74, 6) is 3.15. The van der Waals surface area contributed by atoms with Crippen LogP contribution < -0.4 is 45.1 Å². The van der Waals surface area contributed by atoms with Crippen LogP contribution in [0.1, 0.15) is 52.7 Å². The lowest BCUT2D eigenvalue weighted by molar-refractivity contribution is 0.171. The number of ether oxygens (including phenoxy) is 4. The summed E-state index contributed by atoms with van der Waals surface area (Å²) in [5.41, 5.74) is 11.2. The van der Waals surface area contributed by atoms with Crippen molar-refractivity contribution in [1.82, 2.24) is 0 Å². The maximum Gasteiger partial charge on any atom is 0.256 e. The van der Waals surface area contributed by atoms with Crippen molar-refractivity contribution in [2.45, 2.75) is 52.4 Å². The fraction of sp³-hybridized carbons (Fsp3) is 0.261. The number of thiophene rings is 2. The second-order valence-corrected chi connectivity index (χ2v) is 19.1. The highest BCUT2D eigenvalue weighted by Crippen LogP contribution is 2.52. The molecule has 0 saturated carbocycles. The first-order chi connectivity index (χ1) is 26.5. The van der Waals surface area contributed by atoms with Crippen molar-refractivity contribution in [3.05, 3.63) is 102 Å². The Bertz CT molecular complexity index is 2560. The third kappa shape index (κ3) is 4.98. The zero-order chi connectivity index (χ0) is 37.4. The standard InChI is InChI=1S/C46H41BN2O4S2/c1-45(2,3)26-10-16-38-30(22-26)40-43(54-38)48(28-12-14-34-36(24-28)52-20-18-50-34)32-8-7-9-33-42(32)47(40)41-31-23-27(46(4,5)6)11-17-39(31)55-44(41)49(33)29-13-15-35-37(25-29)53-21-19-51-35/h7-17,22-25H,18-21H2,1-6H3. The molecule has 5 aromatic carbocycles. The second kappa shape index (κ2) is 11.7. The average molecular weight is 761 g/mol. The third-order valence-corrected chi connectivity index (χ3v) is 13.9. The van der Waals surface area contributed by atoms with Crippen molar-refractivity contribution >= 4 is 98.7 Å². The predicted molar refractivity (Wildman–Crippen MR) is 231 cm³/mol. The normalized spacial score (nSPS) is 15.6. The van der Waals surface area contributed by atoms with E-state index in [0.29, 0.717) is 26.4 Å². The fourth-order valence-corrected chi connectivity index (χ4v) is 11.3. The molecule has 274 valence electrons. The molecule has 0 amide bonds. The summed E-state index contributed by atoms with van der Waals surface area (Å²) in [6, 6.07) is 33.9. The highest BCUT2D eigenvalue weighted by atomic mass is 32.1. The highest BCUT2D eigenvalue weighted by molar-refractivity contribution is 7.29. The van der Waals surface area contributed by atoms with Crippen LogP contribution >= 0.6 is 22.7 Å². The SMILES string of the molecule is CC(C)(C)c1ccc2sc3c(c2c1)B1c2c(cccc2N(c2ccc4c(c2)OCCO4)c2sc4ccc(C(C)(C)C)cc4c21)N3c1ccc2c(c1)OCCO2. The van der Waals surface area contributed by atoms with Gasteiger partial charge in [-0.25, -0.2) is 0 Å². The van der Waals surface area contributed by atoms with Gasteiger partial charge in [0, 0.05) is 32.9 Å². The molecule has 2 aromatic heterocycles. The summed E-state index contributed by atoms with van der Waals surface area (Å²) >= 11 is 3.78. The summed E-state index contributed by atoms with van der Waals surface area (Å²) in [6.45, 7) is 16.1. The lowest BCUT2D eigenvalue weighted by Crippen LogP contribution is -2.60. The average Bonchev–Trinajstić information content (AvgIpc) is 3.75. The molecule has 0 N–H and O–H groups in total. The molecule has 4 aliphatic rings. The summed E-state index contributed by atoms with van der Waals surface area (Å²) in [4.78, 5) is 4.96. The van der Waals surface area contributed by atoms with E-state index in [0.717, 1.165) is 34.4 Å². The van der Waals surface area contributed by atoms with Crippen molar-refractivity contribution in [1.29, 1.82) is 0 Å². The van der Waals surface area contributed by atoms with Gasteiger partial charge in [-0.05, 0) is 97.6 Å². The largest absolute Gasteiger partial charge is 0.486 e. The van der Waals surface area contributed by atoms with E-state index in [9.17, 15) is 0 Å². The molecular formula is C46H41BN2O4S2. The Labute approximate surface area is 329 Å². The Kier molecular flexibility index (Phi) is 7.07. The molecular weight excluding hydrogens is 719 g/mol. The van der Waals surface area contributed by atoms with Gasteiger partial charge < -0.3 is 28.7 Å². The van der Waals surface area contributed by atoms with Gasteiger partial charge in [0.1, 0.15) is 26.4 Å². The van der Waals surface area contributed by atoms with E-state index in [2.05, 4.69) is 142 Å². The monoisotopic (exact) mass is 760 g/mol. The van der Waals surface area contributed by atoms with Crippen molar-refractivity contribution in [2.24, 2.45) is 0 Å². The van der Waals surface area contributed by atoms with Gasteiger partial charge in [0.05, 0.1) is 21.4 Å². The van der Waals surface area contributed by atoms with Crippen LogP contribution in [-0.4, -0.2) is 33.1 Å². The van der Waals surface area contributed by atoms with Crippen LogP contribution in [0.5, 0.6) is 23.0 Å². The zero-order valence-electron chi connectivity index (χ0n) is 31.9. The van der Waals surface area contributed by atoms with Crippen LogP contribution in [0.4, 0.5) is 32.8 Å². The summed E-state index contributed by atoms with van der Waals surface area (Å²) in [6.07, 6.45) is 0. The van der Waals surface area contributed by atoms with E-state index in [4.69, 9.17) is 18.9 Å². The number of rotatable bonds is 2. The van der Waals surface area contributed by atoms with Crippen LogP contribution in [-0.2, 0) is 10.8 Å². The van der Waals surface area contributed by atoms with E-state index in [1.165, 1.54) is 69.1 Å². The highest BCUT2D eigenvalue weighted by Gasteiger charge is 2.47. The van der Waals surface area contributed by atoms with Gasteiger partial charge in [-0.3, -0.25) is 0 Å². The minimum atomic E-state index is -0.000288. The van der Waals surface area contributed by atoms with Gasteiger partial charge in [-0.1, -0.05) is 71.9 Å². The summed E-state index contributed by atoms with van der Waals surface area (Å²) < 4.78 is 27.0. The van der Waals surface area contributed by atoms with Gasteiger partial charge in [0.25, 0.3) is 6.71 Å². The molecule has 0 fully saturated rings. The summed E-state index contributed by atoms with van der Waals surface area (Å²) in [7, 11) is 0. The zero-order valence-corrected chi connectivity index (χ0v) is 33.5. The Balaban J connectivity index is 1.26. The molecule has 0 radical (unpaired) electrons. The number of hydrogen-bond donors (Lipinski definition) is 0.